The molecule has 0 radical (unpaired) electrons. The van der Waals surface area contributed by atoms with Gasteiger partial charge in [-0.1, -0.05) is 52.4 Å². The van der Waals surface area contributed by atoms with Crippen LogP contribution in [0.2, 0.25) is 0 Å². The van der Waals surface area contributed by atoms with Gasteiger partial charge < -0.3 is 9.47 Å². The number of esters is 2. The van der Waals surface area contributed by atoms with Gasteiger partial charge in [0.1, 0.15) is 0 Å². The van der Waals surface area contributed by atoms with Crippen molar-refractivity contribution < 1.29 is 19.1 Å². The Morgan fingerprint density at radius 1 is 0.708 bits per heavy atom. The molecule has 0 aliphatic rings. The number of carbonyl (C=O) groups is 2. The highest BCUT2D eigenvalue weighted by Gasteiger charge is 2.09. The third-order valence-electron chi connectivity index (χ3n) is 3.92. The van der Waals surface area contributed by atoms with E-state index in [1.54, 1.807) is 0 Å². The van der Waals surface area contributed by atoms with Gasteiger partial charge in [0, 0.05) is 12.2 Å². The van der Waals surface area contributed by atoms with Crippen LogP contribution in [0.4, 0.5) is 0 Å². The van der Waals surface area contributed by atoms with Crippen LogP contribution in [0.15, 0.2) is 12.2 Å². The molecule has 0 bridgehead atoms. The zero-order valence-electron chi connectivity index (χ0n) is 16.0. The number of ether oxygens (including phenoxy) is 2. The monoisotopic (exact) mass is 340 g/mol. The van der Waals surface area contributed by atoms with Crippen molar-refractivity contribution in [2.75, 3.05) is 0 Å². The first-order valence-electron chi connectivity index (χ1n) is 9.58. The fourth-order valence-corrected chi connectivity index (χ4v) is 2.45. The smallest absolute Gasteiger partial charge is 0.331 e. The van der Waals surface area contributed by atoms with Crippen molar-refractivity contribution in [1.82, 2.24) is 0 Å². The molecule has 0 aromatic rings. The summed E-state index contributed by atoms with van der Waals surface area (Å²) >= 11 is 0. The van der Waals surface area contributed by atoms with Crippen LogP contribution in [0.25, 0.3) is 0 Å². The third kappa shape index (κ3) is 14.3. The van der Waals surface area contributed by atoms with Gasteiger partial charge in [-0.25, -0.2) is 9.59 Å². The van der Waals surface area contributed by atoms with Gasteiger partial charge in [-0.05, 0) is 39.5 Å². The lowest BCUT2D eigenvalue weighted by Gasteiger charge is -2.12. The second-order valence-corrected chi connectivity index (χ2v) is 6.53. The molecule has 0 amide bonds. The quantitative estimate of drug-likeness (QED) is 0.243. The van der Waals surface area contributed by atoms with E-state index in [1.165, 1.54) is 25.7 Å². The Labute approximate surface area is 148 Å². The average molecular weight is 341 g/mol. The molecule has 0 N–H and O–H groups in total. The maximum absolute atomic E-state index is 11.7. The molecule has 0 aliphatic heterocycles. The van der Waals surface area contributed by atoms with Crippen molar-refractivity contribution >= 4 is 11.9 Å². The molecule has 0 aliphatic carbocycles. The van der Waals surface area contributed by atoms with E-state index in [2.05, 4.69) is 13.8 Å². The predicted molar refractivity (Wildman–Crippen MR) is 97.8 cm³/mol. The molecule has 0 fully saturated rings. The highest BCUT2D eigenvalue weighted by Crippen LogP contribution is 2.09. The molecule has 0 rings (SSSR count). The first-order valence-corrected chi connectivity index (χ1v) is 9.58. The van der Waals surface area contributed by atoms with E-state index < -0.39 is 11.9 Å². The van der Waals surface area contributed by atoms with Crippen LogP contribution in [0.3, 0.4) is 0 Å². The second-order valence-electron chi connectivity index (χ2n) is 6.53. The van der Waals surface area contributed by atoms with E-state index in [9.17, 15) is 9.59 Å². The molecule has 2 atom stereocenters. The van der Waals surface area contributed by atoms with Gasteiger partial charge in [0.15, 0.2) is 0 Å². The third-order valence-corrected chi connectivity index (χ3v) is 3.92. The number of rotatable bonds is 14. The highest BCUT2D eigenvalue weighted by molar-refractivity contribution is 5.91. The normalized spacial score (nSPS) is 13.7. The molecule has 0 aromatic carbocycles. The molecule has 4 heteroatoms. The topological polar surface area (TPSA) is 52.6 Å². The van der Waals surface area contributed by atoms with Crippen molar-refractivity contribution in [3.05, 3.63) is 12.2 Å². The Morgan fingerprint density at radius 3 is 1.42 bits per heavy atom. The fraction of sp³-hybridized carbons (Fsp3) is 0.800. The Hall–Kier alpha value is -1.32. The van der Waals surface area contributed by atoms with Gasteiger partial charge in [0.25, 0.3) is 0 Å². The van der Waals surface area contributed by atoms with Crippen molar-refractivity contribution in [3.63, 3.8) is 0 Å². The summed E-state index contributed by atoms with van der Waals surface area (Å²) in [4.78, 5) is 23.3. The zero-order chi connectivity index (χ0) is 18.2. The van der Waals surface area contributed by atoms with Crippen LogP contribution in [0.1, 0.15) is 91.9 Å². The first kappa shape index (κ1) is 22.7. The van der Waals surface area contributed by atoms with Crippen LogP contribution in [0.5, 0.6) is 0 Å². The Kier molecular flexibility index (Phi) is 14.4. The second kappa shape index (κ2) is 15.2. The van der Waals surface area contributed by atoms with Gasteiger partial charge in [0.05, 0.1) is 12.2 Å². The van der Waals surface area contributed by atoms with Crippen LogP contribution in [0, 0.1) is 0 Å². The molecule has 4 nitrogen and oxygen atoms in total. The summed E-state index contributed by atoms with van der Waals surface area (Å²) in [6, 6.07) is 0. The van der Waals surface area contributed by atoms with Gasteiger partial charge in [0.2, 0.25) is 0 Å². The minimum atomic E-state index is -0.481. The van der Waals surface area contributed by atoms with E-state index in [-0.39, 0.29) is 12.2 Å². The molecule has 0 saturated carbocycles. The van der Waals surface area contributed by atoms with Crippen molar-refractivity contribution in [3.8, 4) is 0 Å². The molecule has 140 valence electrons. The largest absolute Gasteiger partial charge is 0.460 e. The Bertz CT molecular complexity index is 329. The van der Waals surface area contributed by atoms with Gasteiger partial charge in [-0.2, -0.15) is 0 Å². The van der Waals surface area contributed by atoms with Gasteiger partial charge in [-0.15, -0.1) is 0 Å². The summed E-state index contributed by atoms with van der Waals surface area (Å²) in [5.41, 5.74) is 0. The Morgan fingerprint density at radius 2 is 1.08 bits per heavy atom. The SMILES string of the molecule is CCCCCCC(C)OC(=O)/C=C\C(=O)OC(C)CCCCCC. The number of hydrogen-bond donors (Lipinski definition) is 0. The predicted octanol–water partition coefficient (Wildman–Crippen LogP) is 5.35. The van der Waals surface area contributed by atoms with E-state index in [0.717, 1.165) is 50.7 Å². The summed E-state index contributed by atoms with van der Waals surface area (Å²) in [6.07, 6.45) is 13.1. The van der Waals surface area contributed by atoms with Crippen molar-refractivity contribution in [2.45, 2.75) is 104 Å². The fourth-order valence-electron chi connectivity index (χ4n) is 2.45. The van der Waals surface area contributed by atoms with Crippen molar-refractivity contribution in [2.24, 2.45) is 0 Å². The van der Waals surface area contributed by atoms with Gasteiger partial charge in [-0.3, -0.25) is 0 Å². The van der Waals surface area contributed by atoms with Crippen molar-refractivity contribution in [1.29, 1.82) is 0 Å². The molecule has 2 unspecified atom stereocenters. The minimum Gasteiger partial charge on any atom is -0.460 e. The number of unbranched alkanes of at least 4 members (excludes halogenated alkanes) is 6. The standard InChI is InChI=1S/C20H36O4/c1-5-7-9-11-13-17(3)23-19(21)15-16-20(22)24-18(4)14-12-10-8-6-2/h15-18H,5-14H2,1-4H3/b16-15-. The molecule has 0 spiro atoms. The molecular formula is C20H36O4. The van der Waals surface area contributed by atoms with Crippen LogP contribution >= 0.6 is 0 Å². The van der Waals surface area contributed by atoms with Crippen LogP contribution in [-0.2, 0) is 19.1 Å². The minimum absolute atomic E-state index is 0.118. The van der Waals surface area contributed by atoms with E-state index in [0.29, 0.717) is 0 Å². The molecule has 0 heterocycles. The summed E-state index contributed by atoms with van der Waals surface area (Å²) in [7, 11) is 0. The van der Waals surface area contributed by atoms with Crippen LogP contribution in [-0.4, -0.2) is 24.1 Å². The zero-order valence-corrected chi connectivity index (χ0v) is 16.0. The molecule has 24 heavy (non-hydrogen) atoms. The summed E-state index contributed by atoms with van der Waals surface area (Å²) in [5.74, 6) is -0.962. The van der Waals surface area contributed by atoms with E-state index in [1.807, 2.05) is 13.8 Å². The number of hydrogen-bond acceptors (Lipinski definition) is 4. The summed E-state index contributed by atoms with van der Waals surface area (Å²) < 4.78 is 10.5. The van der Waals surface area contributed by atoms with Gasteiger partial charge >= 0.3 is 11.9 Å². The molecule has 0 saturated heterocycles. The maximum atomic E-state index is 11.7. The maximum Gasteiger partial charge on any atom is 0.331 e. The Balaban J connectivity index is 3.88. The van der Waals surface area contributed by atoms with E-state index >= 15 is 0 Å². The summed E-state index contributed by atoms with van der Waals surface area (Å²) in [5, 5.41) is 0. The van der Waals surface area contributed by atoms with E-state index in [4.69, 9.17) is 9.47 Å². The molecular weight excluding hydrogens is 304 g/mol. The molecule has 0 aromatic heterocycles. The first-order chi connectivity index (χ1) is 11.5. The lowest BCUT2D eigenvalue weighted by atomic mass is 10.1. The summed E-state index contributed by atoms with van der Waals surface area (Å²) in [6.45, 7) is 8.10. The number of carbonyl (C=O) groups excluding carboxylic acids is 2. The highest BCUT2D eigenvalue weighted by atomic mass is 16.5. The van der Waals surface area contributed by atoms with Crippen LogP contribution < -0.4 is 0 Å². The lowest BCUT2D eigenvalue weighted by molar-refractivity contribution is -0.145. The lowest BCUT2D eigenvalue weighted by Crippen LogP contribution is -2.15. The average Bonchev–Trinajstić information content (AvgIpc) is 2.54.